The molecule has 2 aliphatic rings. The van der Waals surface area contributed by atoms with Crippen molar-refractivity contribution in [3.8, 4) is 11.5 Å². The van der Waals surface area contributed by atoms with Crippen LogP contribution in [0.3, 0.4) is 0 Å². The van der Waals surface area contributed by atoms with Gasteiger partial charge in [0.2, 0.25) is 0 Å². The topological polar surface area (TPSA) is 67.9 Å². The molecule has 2 aromatic rings. The van der Waals surface area contributed by atoms with Gasteiger partial charge < -0.3 is 14.8 Å². The lowest BCUT2D eigenvalue weighted by molar-refractivity contribution is -0.131. The Morgan fingerprint density at radius 2 is 1.89 bits per heavy atom. The Balaban J connectivity index is 1.63. The van der Waals surface area contributed by atoms with Crippen molar-refractivity contribution >= 4 is 27.9 Å². The van der Waals surface area contributed by atoms with Gasteiger partial charge in [0.15, 0.2) is 11.5 Å². The van der Waals surface area contributed by atoms with Crippen LogP contribution in [0.1, 0.15) is 24.5 Å². The number of rotatable bonds is 3. The maximum Gasteiger partial charge on any atom is 0.325 e. The third-order valence-corrected chi connectivity index (χ3v) is 5.68. The molecule has 0 aliphatic carbocycles. The average Bonchev–Trinajstić information content (AvgIpc) is 2.83. The number of halogens is 2. The van der Waals surface area contributed by atoms with Crippen LogP contribution in [0.15, 0.2) is 40.9 Å². The van der Waals surface area contributed by atoms with Gasteiger partial charge in [-0.15, -0.1) is 0 Å². The van der Waals surface area contributed by atoms with E-state index < -0.39 is 17.4 Å². The summed E-state index contributed by atoms with van der Waals surface area (Å²) in [6.07, 6.45) is 0.775. The molecule has 0 saturated carbocycles. The van der Waals surface area contributed by atoms with Crippen LogP contribution >= 0.6 is 15.9 Å². The van der Waals surface area contributed by atoms with Crippen LogP contribution in [-0.4, -0.2) is 30.1 Å². The number of amides is 3. The van der Waals surface area contributed by atoms with E-state index in [1.807, 2.05) is 0 Å². The summed E-state index contributed by atoms with van der Waals surface area (Å²) in [6.45, 7) is 2.79. The number of carbonyl (C=O) groups excluding carboxylic acids is 2. The fourth-order valence-corrected chi connectivity index (χ4v) is 3.81. The predicted molar refractivity (Wildman–Crippen MR) is 103 cm³/mol. The van der Waals surface area contributed by atoms with Crippen molar-refractivity contribution in [2.45, 2.75) is 25.4 Å². The number of fused-ring (bicyclic) bond motifs is 1. The first-order valence-corrected chi connectivity index (χ1v) is 9.66. The first kappa shape index (κ1) is 18.7. The highest BCUT2D eigenvalue weighted by Gasteiger charge is 2.49. The minimum absolute atomic E-state index is 0.0334. The zero-order valence-electron chi connectivity index (χ0n) is 15.1. The number of carbonyl (C=O) groups is 2. The quantitative estimate of drug-likeness (QED) is 0.726. The summed E-state index contributed by atoms with van der Waals surface area (Å²) < 4.78 is 25.1. The SMILES string of the molecule is CC1(c2ccc3c(c2)OCCCO3)NC(=O)N(Cc2ccc(F)cc2Br)C1=O. The second-order valence-electron chi connectivity index (χ2n) is 6.89. The van der Waals surface area contributed by atoms with Crippen LogP contribution in [0.5, 0.6) is 11.5 Å². The molecular formula is C20H18BrFN2O4. The molecule has 28 heavy (non-hydrogen) atoms. The Labute approximate surface area is 169 Å². The molecule has 6 nitrogen and oxygen atoms in total. The van der Waals surface area contributed by atoms with E-state index in [0.29, 0.717) is 40.3 Å². The van der Waals surface area contributed by atoms with Gasteiger partial charge >= 0.3 is 6.03 Å². The highest BCUT2D eigenvalue weighted by atomic mass is 79.9. The first-order valence-electron chi connectivity index (χ1n) is 8.86. The molecule has 1 N–H and O–H groups in total. The molecule has 8 heteroatoms. The summed E-state index contributed by atoms with van der Waals surface area (Å²) in [5.74, 6) is 0.389. The van der Waals surface area contributed by atoms with E-state index in [-0.39, 0.29) is 12.5 Å². The smallest absolute Gasteiger partial charge is 0.325 e. The minimum atomic E-state index is -1.23. The van der Waals surface area contributed by atoms with Gasteiger partial charge in [-0.1, -0.05) is 28.1 Å². The van der Waals surface area contributed by atoms with Crippen molar-refractivity contribution in [1.82, 2.24) is 10.2 Å². The van der Waals surface area contributed by atoms with Gasteiger partial charge in [0.1, 0.15) is 11.4 Å². The molecule has 3 amide bonds. The van der Waals surface area contributed by atoms with E-state index in [1.165, 1.54) is 12.1 Å². The second-order valence-corrected chi connectivity index (χ2v) is 7.75. The molecule has 2 heterocycles. The standard InChI is InChI=1S/C20H18BrFN2O4/c1-20(13-4-6-16-17(9-13)28-8-2-7-27-16)18(25)24(19(26)23-20)11-12-3-5-14(22)10-15(12)21/h3-6,9-10H,2,7-8,11H2,1H3,(H,23,26). The summed E-state index contributed by atoms with van der Waals surface area (Å²) in [6, 6.07) is 8.87. The Morgan fingerprint density at radius 1 is 1.14 bits per heavy atom. The molecule has 1 fully saturated rings. The molecule has 0 bridgehead atoms. The van der Waals surface area contributed by atoms with Gasteiger partial charge in [-0.05, 0) is 42.3 Å². The molecule has 1 atom stereocenters. The van der Waals surface area contributed by atoms with Crippen LogP contribution in [0.25, 0.3) is 0 Å². The molecule has 1 unspecified atom stereocenters. The molecule has 146 valence electrons. The summed E-state index contributed by atoms with van der Waals surface area (Å²) in [5, 5.41) is 2.77. The Bertz CT molecular complexity index is 967. The van der Waals surface area contributed by atoms with Gasteiger partial charge in [0.25, 0.3) is 5.91 Å². The molecular weight excluding hydrogens is 431 g/mol. The third-order valence-electron chi connectivity index (χ3n) is 4.94. The van der Waals surface area contributed by atoms with Gasteiger partial charge in [-0.3, -0.25) is 9.69 Å². The highest BCUT2D eigenvalue weighted by Crippen LogP contribution is 2.37. The van der Waals surface area contributed by atoms with Crippen molar-refractivity contribution in [2.75, 3.05) is 13.2 Å². The largest absolute Gasteiger partial charge is 0.490 e. The van der Waals surface area contributed by atoms with Gasteiger partial charge in [-0.2, -0.15) is 0 Å². The van der Waals surface area contributed by atoms with Crippen LogP contribution in [0.4, 0.5) is 9.18 Å². The molecule has 0 spiro atoms. The van der Waals surface area contributed by atoms with Gasteiger partial charge in [0.05, 0.1) is 19.8 Å². The number of nitrogens with zero attached hydrogens (tertiary/aromatic N) is 1. The van der Waals surface area contributed by atoms with Crippen molar-refractivity contribution in [1.29, 1.82) is 0 Å². The minimum Gasteiger partial charge on any atom is -0.490 e. The van der Waals surface area contributed by atoms with Crippen molar-refractivity contribution in [3.63, 3.8) is 0 Å². The fraction of sp³-hybridized carbons (Fsp3) is 0.300. The summed E-state index contributed by atoms with van der Waals surface area (Å²) in [4.78, 5) is 26.8. The van der Waals surface area contributed by atoms with Gasteiger partial charge in [0, 0.05) is 10.9 Å². The van der Waals surface area contributed by atoms with E-state index in [9.17, 15) is 14.0 Å². The molecule has 4 rings (SSSR count). The Kier molecular flexibility index (Phi) is 4.74. The van der Waals surface area contributed by atoms with E-state index >= 15 is 0 Å². The van der Waals surface area contributed by atoms with Gasteiger partial charge in [-0.25, -0.2) is 9.18 Å². The number of ether oxygens (including phenoxy) is 2. The zero-order valence-corrected chi connectivity index (χ0v) is 16.7. The Morgan fingerprint density at radius 3 is 2.64 bits per heavy atom. The first-order chi connectivity index (χ1) is 13.4. The average molecular weight is 449 g/mol. The maximum atomic E-state index is 13.3. The lowest BCUT2D eigenvalue weighted by Gasteiger charge is -2.23. The van der Waals surface area contributed by atoms with Crippen LogP contribution in [0, 0.1) is 5.82 Å². The lowest BCUT2D eigenvalue weighted by Crippen LogP contribution is -2.40. The second kappa shape index (κ2) is 7.09. The Hall–Kier alpha value is -2.61. The number of nitrogens with one attached hydrogen (secondary N) is 1. The number of hydrogen-bond donors (Lipinski definition) is 1. The van der Waals surface area contributed by atoms with Crippen LogP contribution in [-0.2, 0) is 16.9 Å². The molecule has 0 radical (unpaired) electrons. The summed E-state index contributed by atoms with van der Waals surface area (Å²) in [5.41, 5.74) is 0.0115. The lowest BCUT2D eigenvalue weighted by atomic mass is 9.91. The number of imide groups is 1. The fourth-order valence-electron chi connectivity index (χ4n) is 3.33. The maximum absolute atomic E-state index is 13.3. The zero-order chi connectivity index (χ0) is 19.9. The van der Waals surface area contributed by atoms with Crippen molar-refractivity contribution < 1.29 is 23.5 Å². The summed E-state index contributed by atoms with van der Waals surface area (Å²) >= 11 is 3.28. The third kappa shape index (κ3) is 3.22. The van der Waals surface area contributed by atoms with Crippen LogP contribution in [0.2, 0.25) is 0 Å². The van der Waals surface area contributed by atoms with E-state index in [2.05, 4.69) is 21.2 Å². The van der Waals surface area contributed by atoms with E-state index in [1.54, 1.807) is 31.2 Å². The highest BCUT2D eigenvalue weighted by molar-refractivity contribution is 9.10. The normalized spacial score (nSPS) is 21.5. The molecule has 2 aliphatic heterocycles. The molecule has 1 saturated heterocycles. The number of hydrogen-bond acceptors (Lipinski definition) is 4. The number of urea groups is 1. The van der Waals surface area contributed by atoms with E-state index in [0.717, 1.165) is 11.3 Å². The van der Waals surface area contributed by atoms with Crippen molar-refractivity contribution in [2.24, 2.45) is 0 Å². The molecule has 0 aromatic heterocycles. The summed E-state index contributed by atoms with van der Waals surface area (Å²) in [7, 11) is 0. The number of benzene rings is 2. The van der Waals surface area contributed by atoms with Crippen molar-refractivity contribution in [3.05, 3.63) is 57.8 Å². The monoisotopic (exact) mass is 448 g/mol. The predicted octanol–water partition coefficient (Wildman–Crippen LogP) is 3.72. The van der Waals surface area contributed by atoms with Crippen LogP contribution < -0.4 is 14.8 Å². The molecule has 2 aromatic carbocycles. The van der Waals surface area contributed by atoms with E-state index in [4.69, 9.17) is 9.47 Å².